The summed E-state index contributed by atoms with van der Waals surface area (Å²) < 4.78 is 0. The molecular formula is C19H21ClN2. The number of aromatic nitrogens is 1. The van der Waals surface area contributed by atoms with Crippen molar-refractivity contribution in [1.29, 1.82) is 0 Å². The molecule has 0 aliphatic carbocycles. The van der Waals surface area contributed by atoms with Gasteiger partial charge in [0.2, 0.25) is 0 Å². The van der Waals surface area contributed by atoms with Gasteiger partial charge in [0.25, 0.3) is 0 Å². The van der Waals surface area contributed by atoms with Crippen molar-refractivity contribution in [3.8, 4) is 0 Å². The summed E-state index contributed by atoms with van der Waals surface area (Å²) in [7, 11) is 2.17. The Kier molecular flexibility index (Phi) is 5.53. The molecule has 0 aliphatic rings. The lowest BCUT2D eigenvalue weighted by atomic mass is 9.99. The SMILES string of the molecule is C[C@H](c1cccc2ccccc12)N(C)Cc1cccnc1.Cl. The molecule has 1 atom stereocenters. The quantitative estimate of drug-likeness (QED) is 0.684. The maximum atomic E-state index is 4.19. The number of fused-ring (bicyclic) bond motifs is 1. The van der Waals surface area contributed by atoms with Gasteiger partial charge in [0.05, 0.1) is 0 Å². The second-order valence-corrected chi connectivity index (χ2v) is 5.52. The molecule has 3 rings (SSSR count). The summed E-state index contributed by atoms with van der Waals surface area (Å²) in [5.74, 6) is 0. The van der Waals surface area contributed by atoms with Crippen molar-refractivity contribution in [2.24, 2.45) is 0 Å². The van der Waals surface area contributed by atoms with Crippen LogP contribution >= 0.6 is 12.4 Å². The van der Waals surface area contributed by atoms with Gasteiger partial charge >= 0.3 is 0 Å². The van der Waals surface area contributed by atoms with E-state index in [-0.39, 0.29) is 12.4 Å². The van der Waals surface area contributed by atoms with E-state index in [1.54, 1.807) is 0 Å². The Morgan fingerprint density at radius 1 is 1.00 bits per heavy atom. The number of halogens is 1. The fourth-order valence-electron chi connectivity index (χ4n) is 2.77. The molecule has 3 heteroatoms. The minimum atomic E-state index is 0. The van der Waals surface area contributed by atoms with Crippen LogP contribution in [0.25, 0.3) is 10.8 Å². The molecule has 2 nitrogen and oxygen atoms in total. The third-order valence-electron chi connectivity index (χ3n) is 4.09. The molecule has 114 valence electrons. The molecule has 1 heterocycles. The van der Waals surface area contributed by atoms with Crippen molar-refractivity contribution in [2.75, 3.05) is 7.05 Å². The molecule has 0 radical (unpaired) electrons. The van der Waals surface area contributed by atoms with Crippen LogP contribution in [0.2, 0.25) is 0 Å². The van der Waals surface area contributed by atoms with Gasteiger partial charge in [0.1, 0.15) is 0 Å². The molecule has 0 saturated carbocycles. The van der Waals surface area contributed by atoms with E-state index in [0.29, 0.717) is 6.04 Å². The van der Waals surface area contributed by atoms with Crippen molar-refractivity contribution in [3.05, 3.63) is 78.1 Å². The van der Waals surface area contributed by atoms with E-state index in [1.807, 2.05) is 18.5 Å². The lowest BCUT2D eigenvalue weighted by Crippen LogP contribution is -2.22. The number of pyridine rings is 1. The smallest absolute Gasteiger partial charge is 0.0326 e. The first-order valence-corrected chi connectivity index (χ1v) is 7.32. The Hall–Kier alpha value is -1.90. The summed E-state index contributed by atoms with van der Waals surface area (Å²) in [5.41, 5.74) is 2.62. The molecule has 2 aromatic carbocycles. The predicted octanol–water partition coefficient (Wildman–Crippen LogP) is 4.85. The molecule has 22 heavy (non-hydrogen) atoms. The molecule has 0 amide bonds. The van der Waals surface area contributed by atoms with Crippen LogP contribution in [-0.4, -0.2) is 16.9 Å². The normalized spacial score (nSPS) is 12.1. The van der Waals surface area contributed by atoms with Gasteiger partial charge in [0.15, 0.2) is 0 Å². The van der Waals surface area contributed by atoms with Crippen molar-refractivity contribution in [2.45, 2.75) is 19.5 Å². The van der Waals surface area contributed by atoms with E-state index < -0.39 is 0 Å². The molecule has 0 N–H and O–H groups in total. The Morgan fingerprint density at radius 3 is 2.55 bits per heavy atom. The van der Waals surface area contributed by atoms with Gasteiger partial charge in [-0.2, -0.15) is 0 Å². The topological polar surface area (TPSA) is 16.1 Å². The molecule has 0 spiro atoms. The van der Waals surface area contributed by atoms with E-state index >= 15 is 0 Å². The van der Waals surface area contributed by atoms with E-state index in [1.165, 1.54) is 21.9 Å². The van der Waals surface area contributed by atoms with Crippen LogP contribution in [0.1, 0.15) is 24.1 Å². The summed E-state index contributed by atoms with van der Waals surface area (Å²) in [4.78, 5) is 6.55. The second kappa shape index (κ2) is 7.39. The van der Waals surface area contributed by atoms with E-state index in [0.717, 1.165) is 6.54 Å². The molecule has 0 saturated heterocycles. The van der Waals surface area contributed by atoms with Crippen LogP contribution in [0.4, 0.5) is 0 Å². The monoisotopic (exact) mass is 312 g/mol. The zero-order valence-electron chi connectivity index (χ0n) is 12.9. The number of benzene rings is 2. The molecule has 0 aliphatic heterocycles. The fraction of sp³-hybridized carbons (Fsp3) is 0.211. The standard InChI is InChI=1S/C19H20N2.ClH/c1-15(21(2)14-16-7-6-12-20-13-16)18-11-5-9-17-8-3-4-10-19(17)18;/h3-13,15H,14H2,1-2H3;1H/t15-;/m1./s1. The Bertz CT molecular complexity index is 722. The van der Waals surface area contributed by atoms with Gasteiger partial charge in [-0.15, -0.1) is 12.4 Å². The van der Waals surface area contributed by atoms with Crippen LogP contribution in [0.5, 0.6) is 0 Å². The highest BCUT2D eigenvalue weighted by atomic mass is 35.5. The van der Waals surface area contributed by atoms with Gasteiger partial charge in [-0.1, -0.05) is 48.5 Å². The zero-order chi connectivity index (χ0) is 14.7. The molecule has 0 unspecified atom stereocenters. The predicted molar refractivity (Wildman–Crippen MR) is 95.3 cm³/mol. The summed E-state index contributed by atoms with van der Waals surface area (Å²) in [6, 6.07) is 19.6. The number of hydrogen-bond acceptors (Lipinski definition) is 2. The highest BCUT2D eigenvalue weighted by molar-refractivity contribution is 5.86. The molecule has 0 bridgehead atoms. The van der Waals surface area contributed by atoms with E-state index in [2.05, 4.69) is 72.4 Å². The summed E-state index contributed by atoms with van der Waals surface area (Å²) in [5, 5.41) is 2.64. The minimum absolute atomic E-state index is 0. The Balaban J connectivity index is 0.00000176. The van der Waals surface area contributed by atoms with Gasteiger partial charge in [0, 0.05) is 25.0 Å². The molecule has 0 fully saturated rings. The third-order valence-corrected chi connectivity index (χ3v) is 4.09. The first-order valence-electron chi connectivity index (χ1n) is 7.32. The van der Waals surface area contributed by atoms with Crippen molar-refractivity contribution >= 4 is 23.2 Å². The van der Waals surface area contributed by atoms with Gasteiger partial charge in [-0.25, -0.2) is 0 Å². The van der Waals surface area contributed by atoms with Crippen LogP contribution < -0.4 is 0 Å². The minimum Gasteiger partial charge on any atom is -0.295 e. The molecule has 1 aromatic heterocycles. The van der Waals surface area contributed by atoms with E-state index in [4.69, 9.17) is 0 Å². The van der Waals surface area contributed by atoms with Crippen molar-refractivity contribution < 1.29 is 0 Å². The first kappa shape index (κ1) is 16.5. The summed E-state index contributed by atoms with van der Waals surface area (Å²) >= 11 is 0. The van der Waals surface area contributed by atoms with Gasteiger partial charge < -0.3 is 0 Å². The number of rotatable bonds is 4. The average Bonchev–Trinajstić information content (AvgIpc) is 2.54. The first-order chi connectivity index (χ1) is 10.3. The summed E-state index contributed by atoms with van der Waals surface area (Å²) in [6.07, 6.45) is 3.75. The van der Waals surface area contributed by atoms with Gasteiger partial charge in [-0.05, 0) is 41.9 Å². The van der Waals surface area contributed by atoms with Gasteiger partial charge in [-0.3, -0.25) is 9.88 Å². The lowest BCUT2D eigenvalue weighted by molar-refractivity contribution is 0.254. The third kappa shape index (κ3) is 3.46. The zero-order valence-corrected chi connectivity index (χ0v) is 13.8. The fourth-order valence-corrected chi connectivity index (χ4v) is 2.77. The largest absolute Gasteiger partial charge is 0.295 e. The average molecular weight is 313 g/mol. The molecule has 3 aromatic rings. The highest BCUT2D eigenvalue weighted by Gasteiger charge is 2.14. The van der Waals surface area contributed by atoms with Crippen molar-refractivity contribution in [1.82, 2.24) is 9.88 Å². The number of nitrogens with zero attached hydrogens (tertiary/aromatic N) is 2. The highest BCUT2D eigenvalue weighted by Crippen LogP contribution is 2.28. The van der Waals surface area contributed by atoms with Crippen LogP contribution in [0.3, 0.4) is 0 Å². The van der Waals surface area contributed by atoms with Crippen molar-refractivity contribution in [3.63, 3.8) is 0 Å². The Labute approximate surface area is 138 Å². The second-order valence-electron chi connectivity index (χ2n) is 5.52. The number of hydrogen-bond donors (Lipinski definition) is 0. The maximum absolute atomic E-state index is 4.19. The summed E-state index contributed by atoms with van der Waals surface area (Å²) in [6.45, 7) is 3.16. The van der Waals surface area contributed by atoms with Crippen LogP contribution in [0.15, 0.2) is 67.0 Å². The molecular weight excluding hydrogens is 292 g/mol. The van der Waals surface area contributed by atoms with Crippen LogP contribution in [-0.2, 0) is 6.54 Å². The Morgan fingerprint density at radius 2 is 1.77 bits per heavy atom. The lowest BCUT2D eigenvalue weighted by Gasteiger charge is -2.26. The van der Waals surface area contributed by atoms with Crippen LogP contribution in [0, 0.1) is 0 Å². The van der Waals surface area contributed by atoms with E-state index in [9.17, 15) is 0 Å². The maximum Gasteiger partial charge on any atom is 0.0326 e.